The van der Waals surface area contributed by atoms with Crippen molar-refractivity contribution >= 4 is 35.3 Å². The number of carbonyl (C=O) groups excluding carboxylic acids is 3. The average Bonchev–Trinajstić information content (AvgIpc) is 3.03. The van der Waals surface area contributed by atoms with E-state index in [2.05, 4.69) is 5.32 Å². The van der Waals surface area contributed by atoms with Crippen molar-refractivity contribution in [3.8, 4) is 0 Å². The van der Waals surface area contributed by atoms with Crippen molar-refractivity contribution in [2.24, 2.45) is 0 Å². The van der Waals surface area contributed by atoms with Crippen molar-refractivity contribution in [1.82, 2.24) is 4.90 Å². The lowest BCUT2D eigenvalue weighted by Crippen LogP contribution is -2.44. The van der Waals surface area contributed by atoms with Crippen LogP contribution in [0.3, 0.4) is 0 Å². The Morgan fingerprint density at radius 3 is 2.50 bits per heavy atom. The molecule has 1 aromatic carbocycles. The molecule has 1 fully saturated rings. The number of ether oxygens (including phenoxy) is 2. The molecule has 1 aliphatic heterocycles. The van der Waals surface area contributed by atoms with Gasteiger partial charge in [0.2, 0.25) is 0 Å². The lowest BCUT2D eigenvalue weighted by Gasteiger charge is -2.27. The third-order valence-electron chi connectivity index (χ3n) is 3.63. The van der Waals surface area contributed by atoms with Gasteiger partial charge in [0.05, 0.1) is 0 Å². The van der Waals surface area contributed by atoms with Crippen LogP contribution in [-0.4, -0.2) is 47.7 Å². The van der Waals surface area contributed by atoms with Crippen LogP contribution in [0, 0.1) is 0 Å². The van der Waals surface area contributed by atoms with Gasteiger partial charge in [0.25, 0.3) is 5.91 Å². The first-order valence-corrected chi connectivity index (χ1v) is 8.75. The lowest BCUT2D eigenvalue weighted by atomic mass is 10.2. The van der Waals surface area contributed by atoms with E-state index < -0.39 is 36.2 Å². The van der Waals surface area contributed by atoms with E-state index in [0.717, 1.165) is 0 Å². The molecule has 0 aliphatic carbocycles. The number of nitrogens with one attached hydrogen (secondary N) is 1. The third-order valence-corrected chi connectivity index (χ3v) is 3.88. The molecule has 0 bridgehead atoms. The smallest absolute Gasteiger partial charge is 0.411 e. The van der Waals surface area contributed by atoms with Crippen LogP contribution in [-0.2, 0) is 19.1 Å². The first kappa shape index (κ1) is 20.0. The molecule has 0 unspecified atom stereocenters. The van der Waals surface area contributed by atoms with Gasteiger partial charge in [-0.3, -0.25) is 9.69 Å². The van der Waals surface area contributed by atoms with Crippen LogP contribution in [0.5, 0.6) is 0 Å². The van der Waals surface area contributed by atoms with E-state index in [1.54, 1.807) is 45.0 Å². The normalized spacial score (nSPS) is 16.9. The van der Waals surface area contributed by atoms with E-state index in [-0.39, 0.29) is 0 Å². The predicted molar refractivity (Wildman–Crippen MR) is 97.0 cm³/mol. The van der Waals surface area contributed by atoms with Crippen LogP contribution in [0.25, 0.3) is 0 Å². The summed E-state index contributed by atoms with van der Waals surface area (Å²) in [5.74, 6) is -1.08. The Labute approximate surface area is 157 Å². The molecule has 2 rings (SSSR count). The molecule has 26 heavy (non-hydrogen) atoms. The van der Waals surface area contributed by atoms with Gasteiger partial charge < -0.3 is 14.8 Å². The number of esters is 1. The third kappa shape index (κ3) is 5.91. The SMILES string of the molecule is CC(C)(C)OC(=O)N1CCC[C@H]1C(=O)OCC(=O)Nc1ccc(Cl)cc1. The molecule has 0 radical (unpaired) electrons. The van der Waals surface area contributed by atoms with Crippen LogP contribution < -0.4 is 5.32 Å². The fraction of sp³-hybridized carbons (Fsp3) is 0.500. The van der Waals surface area contributed by atoms with E-state index in [1.165, 1.54) is 4.90 Å². The Kier molecular flexibility index (Phi) is 6.47. The van der Waals surface area contributed by atoms with E-state index in [4.69, 9.17) is 21.1 Å². The number of halogens is 1. The molecule has 1 heterocycles. The van der Waals surface area contributed by atoms with Gasteiger partial charge in [0.15, 0.2) is 6.61 Å². The number of carbonyl (C=O) groups is 3. The number of hydrogen-bond acceptors (Lipinski definition) is 5. The number of rotatable bonds is 4. The maximum absolute atomic E-state index is 12.3. The van der Waals surface area contributed by atoms with Crippen LogP contribution in [0.15, 0.2) is 24.3 Å². The summed E-state index contributed by atoms with van der Waals surface area (Å²) in [6, 6.07) is 5.83. The summed E-state index contributed by atoms with van der Waals surface area (Å²) < 4.78 is 10.4. The van der Waals surface area contributed by atoms with Crippen molar-refractivity contribution < 1.29 is 23.9 Å². The molecular formula is C18H23ClN2O5. The second-order valence-corrected chi connectivity index (χ2v) is 7.43. The van der Waals surface area contributed by atoms with Crippen LogP contribution in [0.1, 0.15) is 33.6 Å². The number of amides is 2. The Hall–Kier alpha value is -2.28. The van der Waals surface area contributed by atoms with Crippen LogP contribution in [0.2, 0.25) is 5.02 Å². The van der Waals surface area contributed by atoms with Gasteiger partial charge >= 0.3 is 12.1 Å². The van der Waals surface area contributed by atoms with Gasteiger partial charge in [0, 0.05) is 17.3 Å². The second-order valence-electron chi connectivity index (χ2n) is 6.99. The van der Waals surface area contributed by atoms with E-state index in [0.29, 0.717) is 30.1 Å². The summed E-state index contributed by atoms with van der Waals surface area (Å²) in [5.41, 5.74) is -0.0984. The average molecular weight is 383 g/mol. The maximum Gasteiger partial charge on any atom is 0.411 e. The highest BCUT2D eigenvalue weighted by Crippen LogP contribution is 2.22. The Balaban J connectivity index is 1.85. The van der Waals surface area contributed by atoms with Gasteiger partial charge in [-0.05, 0) is 57.9 Å². The van der Waals surface area contributed by atoms with E-state index in [1.807, 2.05) is 0 Å². The molecular weight excluding hydrogens is 360 g/mol. The number of nitrogens with zero attached hydrogens (tertiary/aromatic N) is 1. The van der Waals surface area contributed by atoms with E-state index >= 15 is 0 Å². The Bertz CT molecular complexity index is 669. The number of benzene rings is 1. The fourth-order valence-corrected chi connectivity index (χ4v) is 2.64. The van der Waals surface area contributed by atoms with Crippen LogP contribution in [0.4, 0.5) is 10.5 Å². The molecule has 0 saturated carbocycles. The monoisotopic (exact) mass is 382 g/mol. The summed E-state index contributed by atoms with van der Waals surface area (Å²) in [4.78, 5) is 37.7. The quantitative estimate of drug-likeness (QED) is 0.808. The molecule has 1 atom stereocenters. The highest BCUT2D eigenvalue weighted by molar-refractivity contribution is 6.30. The van der Waals surface area contributed by atoms with Crippen molar-refractivity contribution in [3.63, 3.8) is 0 Å². The second kappa shape index (κ2) is 8.40. The molecule has 1 aromatic rings. The van der Waals surface area contributed by atoms with Crippen molar-refractivity contribution in [3.05, 3.63) is 29.3 Å². The number of likely N-dealkylation sites (tertiary alicyclic amines) is 1. The van der Waals surface area contributed by atoms with Gasteiger partial charge in [0.1, 0.15) is 11.6 Å². The van der Waals surface area contributed by atoms with E-state index in [9.17, 15) is 14.4 Å². The minimum atomic E-state index is -0.729. The van der Waals surface area contributed by atoms with Gasteiger partial charge in [-0.15, -0.1) is 0 Å². The maximum atomic E-state index is 12.3. The Morgan fingerprint density at radius 2 is 1.88 bits per heavy atom. The minimum absolute atomic E-state index is 0.422. The molecule has 1 saturated heterocycles. The highest BCUT2D eigenvalue weighted by Gasteiger charge is 2.37. The molecule has 0 aromatic heterocycles. The molecule has 1 N–H and O–H groups in total. The first-order chi connectivity index (χ1) is 12.2. The van der Waals surface area contributed by atoms with Crippen LogP contribution >= 0.6 is 11.6 Å². The summed E-state index contributed by atoms with van der Waals surface area (Å²) in [5, 5.41) is 3.15. The zero-order valence-corrected chi connectivity index (χ0v) is 15.8. The molecule has 0 spiro atoms. The lowest BCUT2D eigenvalue weighted by molar-refractivity contribution is -0.151. The standard InChI is InChI=1S/C18H23ClN2O5/c1-18(2,3)26-17(24)21-10-4-5-14(21)16(23)25-11-15(22)20-13-8-6-12(19)7-9-13/h6-9,14H,4-5,10-11H2,1-3H3,(H,20,22)/t14-/m0/s1. The molecule has 142 valence electrons. The Morgan fingerprint density at radius 1 is 1.23 bits per heavy atom. The summed E-state index contributed by atoms with van der Waals surface area (Å²) in [6.45, 7) is 5.27. The van der Waals surface area contributed by atoms with Gasteiger partial charge in [-0.1, -0.05) is 11.6 Å². The summed E-state index contributed by atoms with van der Waals surface area (Å²) >= 11 is 5.78. The highest BCUT2D eigenvalue weighted by atomic mass is 35.5. The molecule has 2 amide bonds. The van der Waals surface area contributed by atoms with Gasteiger partial charge in [-0.25, -0.2) is 9.59 Å². The number of hydrogen-bond donors (Lipinski definition) is 1. The molecule has 7 nitrogen and oxygen atoms in total. The first-order valence-electron chi connectivity index (χ1n) is 8.37. The zero-order chi connectivity index (χ0) is 19.3. The fourth-order valence-electron chi connectivity index (χ4n) is 2.51. The predicted octanol–water partition coefficient (Wildman–Crippen LogP) is 3.22. The van der Waals surface area contributed by atoms with Crippen molar-refractivity contribution in [2.45, 2.75) is 45.3 Å². The van der Waals surface area contributed by atoms with Crippen molar-refractivity contribution in [2.75, 3.05) is 18.5 Å². The topological polar surface area (TPSA) is 84.9 Å². The van der Waals surface area contributed by atoms with Crippen molar-refractivity contribution in [1.29, 1.82) is 0 Å². The van der Waals surface area contributed by atoms with Gasteiger partial charge in [-0.2, -0.15) is 0 Å². The summed E-state index contributed by atoms with van der Waals surface area (Å²) in [6.07, 6.45) is 0.606. The molecule has 1 aliphatic rings. The molecule has 8 heteroatoms. The largest absolute Gasteiger partial charge is 0.454 e. The summed E-state index contributed by atoms with van der Waals surface area (Å²) in [7, 11) is 0. The number of anilines is 1. The zero-order valence-electron chi connectivity index (χ0n) is 15.1. The minimum Gasteiger partial charge on any atom is -0.454 e.